The average Bonchev–Trinajstić information content (AvgIpc) is 3.13. The van der Waals surface area contributed by atoms with E-state index in [1.807, 2.05) is 6.92 Å². The number of ether oxygens (including phenoxy) is 1. The van der Waals surface area contributed by atoms with Crippen LogP contribution in [0.2, 0.25) is 0 Å². The SMILES string of the molecule is CCC(F)(F)Oc1ccc(N)c(C(=N)c2ccnc(N3CCc4oc(C)nc4C3)c2)c1. The van der Waals surface area contributed by atoms with Crippen LogP contribution in [0.15, 0.2) is 40.9 Å². The van der Waals surface area contributed by atoms with Crippen LogP contribution in [0.25, 0.3) is 0 Å². The standard InChI is InChI=1S/C22H23F2N5O2/c1-3-22(23,24)31-15-4-5-17(25)16(11-15)21(26)14-6-8-27-20(10-14)29-9-7-19-18(12-29)28-13(2)30-19/h4-6,8,10-11,26H,3,7,9,12,25H2,1-2H3. The van der Waals surface area contributed by atoms with Gasteiger partial charge in [-0.2, -0.15) is 8.78 Å². The van der Waals surface area contributed by atoms with Gasteiger partial charge in [0.25, 0.3) is 0 Å². The number of aromatic nitrogens is 2. The lowest BCUT2D eigenvalue weighted by Gasteiger charge is -2.26. The van der Waals surface area contributed by atoms with E-state index in [1.165, 1.54) is 25.1 Å². The fourth-order valence-corrected chi connectivity index (χ4v) is 3.49. The number of benzene rings is 1. The monoisotopic (exact) mass is 427 g/mol. The van der Waals surface area contributed by atoms with Gasteiger partial charge in [-0.25, -0.2) is 9.97 Å². The minimum Gasteiger partial charge on any atom is -0.446 e. The summed E-state index contributed by atoms with van der Waals surface area (Å²) in [6.07, 6.45) is -1.41. The Labute approximate surface area is 178 Å². The Morgan fingerprint density at radius 2 is 2.13 bits per heavy atom. The molecule has 1 aromatic carbocycles. The number of rotatable bonds is 6. The molecular formula is C22H23F2N5O2. The third-order valence-electron chi connectivity index (χ3n) is 5.17. The van der Waals surface area contributed by atoms with Gasteiger partial charge in [0.15, 0.2) is 5.89 Å². The van der Waals surface area contributed by atoms with Crippen LogP contribution in [-0.4, -0.2) is 28.3 Å². The molecular weight excluding hydrogens is 404 g/mol. The first kappa shape index (κ1) is 20.8. The molecule has 0 unspecified atom stereocenters. The second-order valence-corrected chi connectivity index (χ2v) is 7.39. The van der Waals surface area contributed by atoms with Crippen LogP contribution in [0, 0.1) is 12.3 Å². The molecule has 0 spiro atoms. The molecule has 9 heteroatoms. The molecule has 3 aromatic rings. The summed E-state index contributed by atoms with van der Waals surface area (Å²) in [7, 11) is 0. The van der Waals surface area contributed by atoms with Crippen LogP contribution in [0.4, 0.5) is 20.3 Å². The predicted molar refractivity (Wildman–Crippen MR) is 113 cm³/mol. The minimum absolute atomic E-state index is 0.0416. The molecule has 0 saturated heterocycles. The number of alkyl halides is 2. The van der Waals surface area contributed by atoms with Crippen LogP contribution in [0.1, 0.15) is 41.8 Å². The highest BCUT2D eigenvalue weighted by Crippen LogP contribution is 2.29. The molecule has 1 aliphatic heterocycles. The first-order valence-electron chi connectivity index (χ1n) is 9.97. The Bertz CT molecular complexity index is 1130. The second kappa shape index (κ2) is 7.98. The number of nitrogens with two attached hydrogens (primary N) is 1. The Morgan fingerprint density at radius 3 is 2.90 bits per heavy atom. The highest BCUT2D eigenvalue weighted by Gasteiger charge is 2.29. The number of aryl methyl sites for hydroxylation is 1. The molecule has 3 N–H and O–H groups in total. The van der Waals surface area contributed by atoms with E-state index in [-0.39, 0.29) is 11.5 Å². The van der Waals surface area contributed by atoms with Gasteiger partial charge in [0.2, 0.25) is 0 Å². The van der Waals surface area contributed by atoms with Gasteiger partial charge in [-0.3, -0.25) is 5.41 Å². The van der Waals surface area contributed by atoms with E-state index < -0.39 is 12.5 Å². The van der Waals surface area contributed by atoms with Crippen molar-refractivity contribution < 1.29 is 17.9 Å². The molecule has 0 radical (unpaired) electrons. The maximum absolute atomic E-state index is 13.6. The van der Waals surface area contributed by atoms with Crippen molar-refractivity contribution in [2.45, 2.75) is 39.3 Å². The Hall–Kier alpha value is -3.49. The van der Waals surface area contributed by atoms with Crippen molar-refractivity contribution >= 4 is 17.2 Å². The van der Waals surface area contributed by atoms with Gasteiger partial charge in [-0.1, -0.05) is 6.92 Å². The van der Waals surface area contributed by atoms with Crippen LogP contribution in [-0.2, 0) is 13.0 Å². The van der Waals surface area contributed by atoms with E-state index in [4.69, 9.17) is 20.3 Å². The van der Waals surface area contributed by atoms with Gasteiger partial charge in [-0.15, -0.1) is 0 Å². The van der Waals surface area contributed by atoms with E-state index in [2.05, 4.69) is 14.9 Å². The van der Waals surface area contributed by atoms with Crippen molar-refractivity contribution in [3.05, 3.63) is 65.0 Å². The van der Waals surface area contributed by atoms with Crippen molar-refractivity contribution in [3.8, 4) is 5.75 Å². The van der Waals surface area contributed by atoms with Crippen molar-refractivity contribution in [2.75, 3.05) is 17.2 Å². The molecule has 2 aromatic heterocycles. The normalized spacial score (nSPS) is 13.7. The number of halogens is 2. The molecule has 0 atom stereocenters. The quantitative estimate of drug-likeness (QED) is 0.449. The molecule has 31 heavy (non-hydrogen) atoms. The smallest absolute Gasteiger partial charge is 0.397 e. The first-order chi connectivity index (χ1) is 14.8. The van der Waals surface area contributed by atoms with E-state index >= 15 is 0 Å². The Morgan fingerprint density at radius 1 is 1.32 bits per heavy atom. The molecule has 0 bridgehead atoms. The van der Waals surface area contributed by atoms with Crippen LogP contribution < -0.4 is 15.4 Å². The Kier molecular flexibility index (Phi) is 5.34. The number of nitrogens with one attached hydrogen (secondary N) is 1. The molecule has 3 heterocycles. The minimum atomic E-state index is -3.29. The van der Waals surface area contributed by atoms with E-state index in [9.17, 15) is 8.78 Å². The largest absolute Gasteiger partial charge is 0.446 e. The average molecular weight is 427 g/mol. The third-order valence-corrected chi connectivity index (χ3v) is 5.17. The van der Waals surface area contributed by atoms with Gasteiger partial charge < -0.3 is 19.8 Å². The summed E-state index contributed by atoms with van der Waals surface area (Å²) in [6, 6.07) is 7.68. The lowest BCUT2D eigenvalue weighted by Crippen LogP contribution is -2.30. The summed E-state index contributed by atoms with van der Waals surface area (Å²) in [5.74, 6) is 2.18. The second-order valence-electron chi connectivity index (χ2n) is 7.39. The molecule has 4 rings (SSSR count). The summed E-state index contributed by atoms with van der Waals surface area (Å²) in [6.45, 7) is 4.43. The molecule has 0 saturated carbocycles. The lowest BCUT2D eigenvalue weighted by molar-refractivity contribution is -0.177. The number of nitrogen functional groups attached to an aromatic ring is 1. The van der Waals surface area contributed by atoms with Gasteiger partial charge in [0.1, 0.15) is 23.0 Å². The fraction of sp³-hybridized carbons (Fsp3) is 0.318. The predicted octanol–water partition coefficient (Wildman–Crippen LogP) is 4.32. The van der Waals surface area contributed by atoms with Gasteiger partial charge in [0.05, 0.1) is 12.3 Å². The van der Waals surface area contributed by atoms with Crippen molar-refractivity contribution in [1.29, 1.82) is 5.41 Å². The maximum Gasteiger partial charge on any atom is 0.397 e. The number of oxazole rings is 1. The molecule has 1 aliphatic rings. The summed E-state index contributed by atoms with van der Waals surface area (Å²) >= 11 is 0. The molecule has 0 amide bonds. The van der Waals surface area contributed by atoms with E-state index in [0.717, 1.165) is 17.9 Å². The summed E-state index contributed by atoms with van der Waals surface area (Å²) < 4.78 is 37.6. The zero-order valence-electron chi connectivity index (χ0n) is 17.3. The van der Waals surface area contributed by atoms with Crippen molar-refractivity contribution in [3.63, 3.8) is 0 Å². The number of fused-ring (bicyclic) bond motifs is 1. The number of hydrogen-bond donors (Lipinski definition) is 2. The topological polar surface area (TPSA) is 101 Å². The van der Waals surface area contributed by atoms with Gasteiger partial charge in [0, 0.05) is 49.3 Å². The van der Waals surface area contributed by atoms with Crippen LogP contribution in [0.5, 0.6) is 5.75 Å². The van der Waals surface area contributed by atoms with E-state index in [1.54, 1.807) is 18.3 Å². The number of anilines is 2. The van der Waals surface area contributed by atoms with E-state index in [0.29, 0.717) is 41.6 Å². The van der Waals surface area contributed by atoms with Crippen LogP contribution >= 0.6 is 0 Å². The molecule has 0 fully saturated rings. The van der Waals surface area contributed by atoms with Gasteiger partial charge >= 0.3 is 6.11 Å². The van der Waals surface area contributed by atoms with Crippen LogP contribution in [0.3, 0.4) is 0 Å². The van der Waals surface area contributed by atoms with Crippen molar-refractivity contribution in [1.82, 2.24) is 9.97 Å². The zero-order chi connectivity index (χ0) is 22.2. The molecule has 162 valence electrons. The van der Waals surface area contributed by atoms with Crippen molar-refractivity contribution in [2.24, 2.45) is 0 Å². The Balaban J connectivity index is 1.59. The number of pyridine rings is 1. The highest BCUT2D eigenvalue weighted by atomic mass is 19.3. The highest BCUT2D eigenvalue weighted by molar-refractivity contribution is 6.14. The third kappa shape index (κ3) is 4.35. The maximum atomic E-state index is 13.6. The first-order valence-corrected chi connectivity index (χ1v) is 9.97. The number of nitrogens with zero attached hydrogens (tertiary/aromatic N) is 3. The summed E-state index contributed by atoms with van der Waals surface area (Å²) in [4.78, 5) is 10.9. The van der Waals surface area contributed by atoms with Gasteiger partial charge in [-0.05, 0) is 30.3 Å². The molecule has 7 nitrogen and oxygen atoms in total. The summed E-state index contributed by atoms with van der Waals surface area (Å²) in [5.41, 5.74) is 8.20. The lowest BCUT2D eigenvalue weighted by atomic mass is 10.0. The zero-order valence-corrected chi connectivity index (χ0v) is 17.3. The fourth-order valence-electron chi connectivity index (χ4n) is 3.49. The number of hydrogen-bond acceptors (Lipinski definition) is 7. The molecule has 0 aliphatic carbocycles. The summed E-state index contributed by atoms with van der Waals surface area (Å²) in [5, 5.41) is 8.62.